The number of sulfone groups is 1. The van der Waals surface area contributed by atoms with Gasteiger partial charge in [0.2, 0.25) is 20.1 Å². The molecule has 2 N–H and O–H groups in total. The molecule has 0 saturated heterocycles. The van der Waals surface area contributed by atoms with Crippen LogP contribution in [0.25, 0.3) is 10.6 Å². The van der Waals surface area contributed by atoms with Crippen molar-refractivity contribution in [2.75, 3.05) is 5.75 Å². The first kappa shape index (κ1) is 27.6. The number of benzene rings is 2. The maximum Gasteiger partial charge on any atom is 0.407 e. The summed E-state index contributed by atoms with van der Waals surface area (Å²) in [7, 11) is -4.45. The Kier molecular flexibility index (Phi) is 7.55. The van der Waals surface area contributed by atoms with Crippen molar-refractivity contribution in [2.45, 2.75) is 41.0 Å². The number of hydrogen-bond acceptors (Lipinski definition) is 7. The van der Waals surface area contributed by atoms with Gasteiger partial charge in [-0.1, -0.05) is 29.4 Å². The lowest BCUT2D eigenvalue weighted by Crippen LogP contribution is -2.54. The molecule has 38 heavy (non-hydrogen) atoms. The monoisotopic (exact) mass is 570 g/mol. The number of terminal acetylenes is 1. The van der Waals surface area contributed by atoms with E-state index in [0.717, 1.165) is 36.4 Å². The molecule has 200 valence electrons. The predicted molar refractivity (Wildman–Crippen MR) is 128 cm³/mol. The third-order valence-electron chi connectivity index (χ3n) is 5.75. The third-order valence-corrected chi connectivity index (χ3v) is 8.92. The highest BCUT2D eigenvalue weighted by Crippen LogP contribution is 2.36. The van der Waals surface area contributed by atoms with Crippen LogP contribution in [0.3, 0.4) is 0 Å². The number of alkyl halides is 3. The van der Waals surface area contributed by atoms with Crippen LogP contribution in [-0.4, -0.2) is 48.0 Å². The Morgan fingerprint density at radius 1 is 1.05 bits per heavy atom. The maximum absolute atomic E-state index is 14.0. The van der Waals surface area contributed by atoms with Crippen LogP contribution in [0.15, 0.2) is 52.9 Å². The predicted octanol–water partition coefficient (Wildman–Crippen LogP) is 3.80. The molecule has 4 rings (SSSR count). The van der Waals surface area contributed by atoms with Crippen LogP contribution in [0, 0.1) is 24.0 Å². The highest BCUT2D eigenvalue weighted by Gasteiger charge is 2.47. The summed E-state index contributed by atoms with van der Waals surface area (Å²) < 4.78 is 94.3. The number of amides is 1. The summed E-state index contributed by atoms with van der Waals surface area (Å²) >= 11 is 0.617. The Balaban J connectivity index is 1.64. The molecule has 1 aliphatic carbocycles. The number of hydrogen-bond donors (Lipinski definition) is 2. The van der Waals surface area contributed by atoms with Gasteiger partial charge in [0, 0.05) is 5.56 Å². The van der Waals surface area contributed by atoms with E-state index in [9.17, 15) is 35.2 Å². The molecule has 3 aromatic rings. The third kappa shape index (κ3) is 6.35. The summed E-state index contributed by atoms with van der Waals surface area (Å²) in [5.41, 5.74) is -1.12. The fraction of sp³-hybridized carbons (Fsp3) is 0.292. The van der Waals surface area contributed by atoms with Crippen molar-refractivity contribution in [3.63, 3.8) is 0 Å². The second kappa shape index (κ2) is 10.4. The first-order chi connectivity index (χ1) is 17.8. The highest BCUT2D eigenvalue weighted by atomic mass is 32.2. The molecule has 0 unspecified atom stereocenters. The van der Waals surface area contributed by atoms with Gasteiger partial charge in [-0.3, -0.25) is 10.1 Å². The van der Waals surface area contributed by atoms with E-state index >= 15 is 0 Å². The largest absolute Gasteiger partial charge is 0.407 e. The number of nitrogens with zero attached hydrogens (tertiary/aromatic N) is 2. The van der Waals surface area contributed by atoms with E-state index in [2.05, 4.69) is 26.8 Å². The van der Waals surface area contributed by atoms with Gasteiger partial charge in [-0.2, -0.15) is 13.2 Å². The molecule has 0 spiro atoms. The zero-order valence-corrected chi connectivity index (χ0v) is 20.9. The summed E-state index contributed by atoms with van der Waals surface area (Å²) in [6.45, 7) is 0. The van der Waals surface area contributed by atoms with Gasteiger partial charge >= 0.3 is 6.18 Å². The molecule has 2 aromatic carbocycles. The minimum atomic E-state index is -4.97. The quantitative estimate of drug-likeness (QED) is 0.300. The van der Waals surface area contributed by atoms with Crippen LogP contribution in [0.1, 0.15) is 24.4 Å². The molecule has 1 aromatic heterocycles. The molecule has 14 heteroatoms. The molecule has 7 nitrogen and oxygen atoms in total. The summed E-state index contributed by atoms with van der Waals surface area (Å²) in [6.07, 6.45) is 1.21. The molecule has 1 fully saturated rings. The Hall–Kier alpha value is -3.41. The van der Waals surface area contributed by atoms with Crippen molar-refractivity contribution >= 4 is 27.1 Å². The van der Waals surface area contributed by atoms with E-state index in [-0.39, 0.29) is 5.01 Å². The van der Waals surface area contributed by atoms with Crippen LogP contribution in [0.5, 0.6) is 0 Å². The first-order valence-electron chi connectivity index (χ1n) is 11.0. The fourth-order valence-electron chi connectivity index (χ4n) is 3.52. The Bertz CT molecular complexity index is 1460. The summed E-state index contributed by atoms with van der Waals surface area (Å²) in [5.74, 6) is -1.09. The van der Waals surface area contributed by atoms with Crippen LogP contribution >= 0.6 is 11.3 Å². The molecular formula is C24H19F5N4O3S2. The van der Waals surface area contributed by atoms with Gasteiger partial charge in [-0.15, -0.1) is 16.6 Å². The number of carbonyl (C=O) groups excluding carboxylic acids is 1. The van der Waals surface area contributed by atoms with Crippen LogP contribution < -0.4 is 10.6 Å². The summed E-state index contributed by atoms with van der Waals surface area (Å²) in [6, 6.07) is 3.98. The lowest BCUT2D eigenvalue weighted by Gasteiger charge is -2.28. The number of aromatic nitrogens is 2. The average molecular weight is 571 g/mol. The second-order valence-corrected chi connectivity index (χ2v) is 11.8. The van der Waals surface area contributed by atoms with Crippen molar-refractivity contribution in [1.82, 2.24) is 20.8 Å². The molecule has 1 aliphatic rings. The van der Waals surface area contributed by atoms with Crippen LogP contribution in [-0.2, 0) is 14.6 Å². The SMILES string of the molecule is C#CC1(NC(=O)[C@H](CS(=O)(=O)c2nnc(-c3ccc(F)cc3)s2)N[C@@H](c2ccc(F)cc2)C(F)(F)F)CC1. The molecular weight excluding hydrogens is 551 g/mol. The van der Waals surface area contributed by atoms with E-state index in [4.69, 9.17) is 6.42 Å². The smallest absolute Gasteiger partial charge is 0.338 e. The normalized spacial score (nSPS) is 16.3. The second-order valence-electron chi connectivity index (χ2n) is 8.62. The van der Waals surface area contributed by atoms with Crippen molar-refractivity contribution in [1.29, 1.82) is 0 Å². The number of halogens is 5. The summed E-state index contributed by atoms with van der Waals surface area (Å²) in [5, 5.41) is 12.1. The molecule has 2 atom stereocenters. The van der Waals surface area contributed by atoms with Crippen molar-refractivity contribution in [2.24, 2.45) is 0 Å². The van der Waals surface area contributed by atoms with Gasteiger partial charge in [-0.25, -0.2) is 17.2 Å². The maximum atomic E-state index is 14.0. The molecule has 0 radical (unpaired) electrons. The minimum absolute atomic E-state index is 0.126. The van der Waals surface area contributed by atoms with Gasteiger partial charge in [0.15, 0.2) is 0 Å². The van der Waals surface area contributed by atoms with Crippen molar-refractivity contribution in [3.8, 4) is 22.9 Å². The lowest BCUT2D eigenvalue weighted by molar-refractivity contribution is -0.160. The fourth-order valence-corrected chi connectivity index (χ4v) is 6.05. The summed E-state index contributed by atoms with van der Waals surface area (Å²) in [4.78, 5) is 13.0. The van der Waals surface area contributed by atoms with Crippen LogP contribution in [0.4, 0.5) is 22.0 Å². The van der Waals surface area contributed by atoms with E-state index in [0.29, 0.717) is 29.7 Å². The number of rotatable bonds is 9. The van der Waals surface area contributed by atoms with Crippen molar-refractivity contribution in [3.05, 3.63) is 65.7 Å². The standard InChI is InChI=1S/C24H19F5N4O3S2/c1-2-23(11-12-23)31-20(34)18(30-19(24(27,28)29)14-3-7-16(25)8-4-14)13-38(35,36)22-33-32-21(37-22)15-5-9-17(26)10-6-15/h1,3-10,18-19,30H,11-13H2,(H,31,34)/t18-,19-/m0/s1. The van der Waals surface area contributed by atoms with Gasteiger partial charge in [-0.05, 0) is 54.8 Å². The Morgan fingerprint density at radius 3 is 2.16 bits per heavy atom. The zero-order chi connectivity index (χ0) is 27.7. The Labute approximate surface area is 218 Å². The Morgan fingerprint density at radius 2 is 1.63 bits per heavy atom. The van der Waals surface area contributed by atoms with E-state index < -0.39 is 66.8 Å². The first-order valence-corrected chi connectivity index (χ1v) is 13.5. The average Bonchev–Trinajstić information content (AvgIpc) is 3.44. The van der Waals surface area contributed by atoms with Gasteiger partial charge in [0.05, 0.1) is 5.75 Å². The molecule has 1 heterocycles. The van der Waals surface area contributed by atoms with Gasteiger partial charge in [0.1, 0.15) is 34.3 Å². The number of nitrogens with one attached hydrogen (secondary N) is 2. The molecule has 0 aliphatic heterocycles. The molecule has 1 saturated carbocycles. The van der Waals surface area contributed by atoms with E-state index in [1.54, 1.807) is 0 Å². The minimum Gasteiger partial charge on any atom is -0.338 e. The highest BCUT2D eigenvalue weighted by molar-refractivity contribution is 7.93. The topological polar surface area (TPSA) is 101 Å². The van der Waals surface area contributed by atoms with Crippen LogP contribution in [0.2, 0.25) is 0 Å². The van der Waals surface area contributed by atoms with E-state index in [1.807, 2.05) is 0 Å². The zero-order valence-electron chi connectivity index (χ0n) is 19.3. The van der Waals surface area contributed by atoms with Gasteiger partial charge < -0.3 is 5.32 Å². The lowest BCUT2D eigenvalue weighted by atomic mass is 10.0. The van der Waals surface area contributed by atoms with Crippen molar-refractivity contribution < 1.29 is 35.2 Å². The molecule has 0 bridgehead atoms. The number of carbonyl (C=O) groups is 1. The molecule has 1 amide bonds. The van der Waals surface area contributed by atoms with E-state index in [1.165, 1.54) is 12.1 Å². The van der Waals surface area contributed by atoms with Gasteiger partial charge in [0.25, 0.3) is 0 Å².